The summed E-state index contributed by atoms with van der Waals surface area (Å²) in [6.45, 7) is 0. The van der Waals surface area contributed by atoms with E-state index >= 15 is 0 Å². The lowest BCUT2D eigenvalue weighted by molar-refractivity contribution is -0.771. The molecule has 0 unspecified atom stereocenters. The second-order valence-electron chi connectivity index (χ2n) is 4.39. The van der Waals surface area contributed by atoms with E-state index in [-0.39, 0.29) is 0 Å². The van der Waals surface area contributed by atoms with Crippen LogP contribution in [0.15, 0.2) is 0 Å². The van der Waals surface area contributed by atoms with Crippen molar-refractivity contribution in [1.82, 2.24) is 9.13 Å². The second kappa shape index (κ2) is 3.67. The van der Waals surface area contributed by atoms with Gasteiger partial charge in [0.15, 0.2) is 0 Å². The molecule has 0 rings (SSSR count). The number of hydrogen-bond donors (Lipinski definition) is 0. The highest BCUT2D eigenvalue weighted by Crippen LogP contribution is 2.02. The first kappa shape index (κ1) is 11.1. The molecule has 0 amide bonds. The molecule has 0 spiro atoms. The average Bonchev–Trinajstić information content (AvgIpc) is 1.54. The van der Waals surface area contributed by atoms with Gasteiger partial charge in [-0.3, -0.25) is 9.13 Å². The summed E-state index contributed by atoms with van der Waals surface area (Å²) in [4.78, 5) is 0. The van der Waals surface area contributed by atoms with Gasteiger partial charge in [0.05, 0.1) is 21.1 Å². The number of quaternary nitrogens is 1. The molecular weight excluding hydrogens is 154 g/mol. The van der Waals surface area contributed by atoms with E-state index in [1.54, 1.807) is 0 Å². The Morgan fingerprint density at radius 1 is 0.818 bits per heavy atom. The molecule has 0 heterocycles. The summed E-state index contributed by atoms with van der Waals surface area (Å²) >= 11 is 0. The third-order valence-corrected chi connectivity index (χ3v) is 4.85. The third-order valence-electron chi connectivity index (χ3n) is 1.62. The summed E-state index contributed by atoms with van der Waals surface area (Å²) in [5.74, 6) is 0. The first-order valence-corrected chi connectivity index (χ1v) is 5.45. The van der Waals surface area contributed by atoms with Crippen molar-refractivity contribution in [2.24, 2.45) is 0 Å². The summed E-state index contributed by atoms with van der Waals surface area (Å²) in [6, 6.07) is 0. The highest BCUT2D eigenvalue weighted by Gasteiger charge is 2.33. The maximum absolute atomic E-state index is 2.36. The molecule has 0 fully saturated rings. The number of nitrogens with zero attached hydrogens (tertiary/aromatic N) is 3. The predicted molar refractivity (Wildman–Crippen MR) is 52.6 cm³/mol. The molecule has 68 valence electrons. The Morgan fingerprint density at radius 2 is 1.09 bits per heavy atom. The van der Waals surface area contributed by atoms with Gasteiger partial charge in [-0.1, -0.05) is 0 Å². The predicted octanol–water partition coefficient (Wildman–Crippen LogP) is -0.467. The minimum Gasteiger partial charge on any atom is -0.368 e. The standard InChI is InChI=1S/C7H22N3Si/c1-8(2)11(9(3)4)10(5,6)7/h11H,1-7H3/q+1. The monoisotopic (exact) mass is 176 g/mol. The Bertz CT molecular complexity index is 109. The number of hydrogen-bond acceptors (Lipinski definition) is 2. The van der Waals surface area contributed by atoms with E-state index in [2.05, 4.69) is 58.5 Å². The van der Waals surface area contributed by atoms with Crippen LogP contribution in [0.25, 0.3) is 0 Å². The van der Waals surface area contributed by atoms with Gasteiger partial charge in [0, 0.05) is 0 Å². The van der Waals surface area contributed by atoms with Crippen LogP contribution in [0.2, 0.25) is 0 Å². The van der Waals surface area contributed by atoms with E-state index in [1.165, 1.54) is 0 Å². The Morgan fingerprint density at radius 3 is 1.09 bits per heavy atom. The molecule has 0 N–H and O–H groups in total. The minimum absolute atomic E-state index is 0.965. The summed E-state index contributed by atoms with van der Waals surface area (Å²) in [5.41, 5.74) is 0. The summed E-state index contributed by atoms with van der Waals surface area (Å²) in [7, 11) is 14.5. The van der Waals surface area contributed by atoms with E-state index in [9.17, 15) is 0 Å². The van der Waals surface area contributed by atoms with Gasteiger partial charge >= 0.3 is 9.28 Å². The Hall–Kier alpha value is 0.0969. The van der Waals surface area contributed by atoms with Gasteiger partial charge in [-0.05, 0) is 28.2 Å². The molecule has 0 radical (unpaired) electrons. The van der Waals surface area contributed by atoms with Crippen molar-refractivity contribution in [2.45, 2.75) is 0 Å². The molecule has 3 nitrogen and oxygen atoms in total. The van der Waals surface area contributed by atoms with Crippen molar-refractivity contribution >= 4 is 9.28 Å². The van der Waals surface area contributed by atoms with Gasteiger partial charge in [0.2, 0.25) is 0 Å². The molecule has 0 saturated heterocycles. The SMILES string of the molecule is CN(C)[SiH](N(C)C)[N+](C)(C)C. The van der Waals surface area contributed by atoms with Crippen LogP contribution >= 0.6 is 0 Å². The van der Waals surface area contributed by atoms with Gasteiger partial charge in [0.25, 0.3) is 0 Å². The van der Waals surface area contributed by atoms with Crippen LogP contribution in [0.4, 0.5) is 0 Å². The third kappa shape index (κ3) is 3.33. The van der Waals surface area contributed by atoms with E-state index in [1.807, 2.05) is 0 Å². The van der Waals surface area contributed by atoms with Crippen molar-refractivity contribution in [3.05, 3.63) is 0 Å². The van der Waals surface area contributed by atoms with E-state index in [0.29, 0.717) is 0 Å². The molecule has 4 heteroatoms. The zero-order valence-corrected chi connectivity index (χ0v) is 10.1. The van der Waals surface area contributed by atoms with E-state index in [0.717, 1.165) is 4.15 Å². The molecule has 0 aliphatic carbocycles. The van der Waals surface area contributed by atoms with Crippen molar-refractivity contribution in [3.8, 4) is 0 Å². The van der Waals surface area contributed by atoms with E-state index < -0.39 is 9.28 Å². The maximum Gasteiger partial charge on any atom is 0.439 e. The molecule has 0 bridgehead atoms. The van der Waals surface area contributed by atoms with Gasteiger partial charge in [0.1, 0.15) is 0 Å². The molecule has 11 heavy (non-hydrogen) atoms. The largest absolute Gasteiger partial charge is 0.439 e. The summed E-state index contributed by atoms with van der Waals surface area (Å²) < 4.78 is 5.79. The quantitative estimate of drug-likeness (QED) is 0.537. The van der Waals surface area contributed by atoms with E-state index in [4.69, 9.17) is 0 Å². The number of rotatable bonds is 3. The van der Waals surface area contributed by atoms with Crippen molar-refractivity contribution in [3.63, 3.8) is 0 Å². The zero-order valence-electron chi connectivity index (χ0n) is 8.92. The minimum atomic E-state index is -0.965. The highest BCUT2D eigenvalue weighted by atomic mass is 28.3. The Labute approximate surface area is 72.6 Å². The fourth-order valence-corrected chi connectivity index (χ4v) is 5.54. The first-order chi connectivity index (χ1) is 4.76. The maximum atomic E-state index is 2.36. The van der Waals surface area contributed by atoms with Crippen LogP contribution < -0.4 is 0 Å². The topological polar surface area (TPSA) is 6.48 Å². The average molecular weight is 176 g/mol. The van der Waals surface area contributed by atoms with Crippen molar-refractivity contribution in [2.75, 3.05) is 49.3 Å². The van der Waals surface area contributed by atoms with Gasteiger partial charge in [-0.2, -0.15) is 0 Å². The van der Waals surface area contributed by atoms with Gasteiger partial charge < -0.3 is 4.15 Å². The lowest BCUT2D eigenvalue weighted by atomic mass is 11.0. The van der Waals surface area contributed by atoms with Crippen LogP contribution in [0.1, 0.15) is 0 Å². The normalized spacial score (nSPS) is 13.6. The summed E-state index contributed by atoms with van der Waals surface area (Å²) in [6.07, 6.45) is 0. The van der Waals surface area contributed by atoms with Crippen LogP contribution in [0, 0.1) is 0 Å². The lowest BCUT2D eigenvalue weighted by Gasteiger charge is -2.39. The smallest absolute Gasteiger partial charge is 0.368 e. The first-order valence-electron chi connectivity index (χ1n) is 3.91. The zero-order chi connectivity index (χ0) is 9.23. The molecule has 0 aromatic heterocycles. The van der Waals surface area contributed by atoms with Gasteiger partial charge in [-0.25, -0.2) is 0 Å². The van der Waals surface area contributed by atoms with Crippen molar-refractivity contribution in [1.29, 1.82) is 0 Å². The Kier molecular flexibility index (Phi) is 3.70. The lowest BCUT2D eigenvalue weighted by Crippen LogP contribution is -2.64. The second-order valence-corrected chi connectivity index (χ2v) is 8.70. The molecule has 0 aliphatic heterocycles. The van der Waals surface area contributed by atoms with Crippen LogP contribution in [-0.2, 0) is 0 Å². The van der Waals surface area contributed by atoms with Crippen LogP contribution in [0.3, 0.4) is 0 Å². The molecule has 0 aromatic rings. The summed E-state index contributed by atoms with van der Waals surface area (Å²) in [5, 5.41) is 0. The Balaban J connectivity index is 4.35. The molecule has 0 saturated carbocycles. The fraction of sp³-hybridized carbons (Fsp3) is 1.00. The van der Waals surface area contributed by atoms with Gasteiger partial charge in [-0.15, -0.1) is 0 Å². The highest BCUT2D eigenvalue weighted by molar-refractivity contribution is 6.44. The van der Waals surface area contributed by atoms with Crippen LogP contribution in [-0.4, -0.2) is 71.9 Å². The molecule has 0 aromatic carbocycles. The molecular formula is C7H22N3Si+. The molecule has 0 atom stereocenters. The van der Waals surface area contributed by atoms with Crippen LogP contribution in [0.5, 0.6) is 0 Å². The molecule has 0 aliphatic rings. The fourth-order valence-electron chi connectivity index (χ4n) is 1.85. The van der Waals surface area contributed by atoms with Crippen molar-refractivity contribution < 1.29 is 4.15 Å².